The van der Waals surface area contributed by atoms with Crippen molar-refractivity contribution in [3.05, 3.63) is 12.2 Å². The lowest BCUT2D eigenvalue weighted by Gasteiger charge is -2.24. The second-order valence-electron chi connectivity index (χ2n) is 5.66. The third-order valence-electron chi connectivity index (χ3n) is 4.70. The van der Waals surface area contributed by atoms with Crippen molar-refractivity contribution < 1.29 is 0 Å². The molecule has 2 fully saturated rings. The van der Waals surface area contributed by atoms with Crippen molar-refractivity contribution in [1.82, 2.24) is 0 Å². The van der Waals surface area contributed by atoms with Gasteiger partial charge in [-0.1, -0.05) is 33.3 Å². The summed E-state index contributed by atoms with van der Waals surface area (Å²) >= 11 is 0. The molecular weight excluding hydrogens is 170 g/mol. The van der Waals surface area contributed by atoms with Gasteiger partial charge < -0.3 is 0 Å². The highest BCUT2D eigenvalue weighted by molar-refractivity contribution is 5.29. The molecule has 0 spiro atoms. The van der Waals surface area contributed by atoms with Crippen LogP contribution in [0.25, 0.3) is 0 Å². The molecule has 0 saturated heterocycles. The predicted octanol–water partition coefficient (Wildman–Crippen LogP) is 3.53. The summed E-state index contributed by atoms with van der Waals surface area (Å²) in [5.41, 5.74) is 0.797. The number of allylic oxidation sites excluding steroid dienone is 2. The fourth-order valence-electron chi connectivity index (χ4n) is 3.74. The molecule has 76 valence electrons. The lowest BCUT2D eigenvalue weighted by molar-refractivity contribution is 0.304. The summed E-state index contributed by atoms with van der Waals surface area (Å²) in [6.07, 6.45) is 7.89. The molecule has 0 aromatic rings. The monoisotopic (exact) mass is 189 g/mol. The maximum absolute atomic E-state index is 8.63. The van der Waals surface area contributed by atoms with Crippen molar-refractivity contribution in [2.24, 2.45) is 22.7 Å². The van der Waals surface area contributed by atoms with Gasteiger partial charge in [0.2, 0.25) is 0 Å². The molecule has 2 saturated carbocycles. The quantitative estimate of drug-likeness (QED) is 0.579. The minimum absolute atomic E-state index is 0.362. The Morgan fingerprint density at radius 3 is 2.71 bits per heavy atom. The number of fused-ring (bicyclic) bond motifs is 1. The highest BCUT2D eigenvalue weighted by Gasteiger charge is 2.69. The smallest absolute Gasteiger partial charge is 0.0908 e. The van der Waals surface area contributed by atoms with E-state index in [2.05, 4.69) is 32.9 Å². The molecule has 2 aliphatic rings. The third kappa shape index (κ3) is 1.06. The van der Waals surface area contributed by atoms with Crippen LogP contribution in [-0.2, 0) is 0 Å². The first-order valence-electron chi connectivity index (χ1n) is 5.62. The predicted molar refractivity (Wildman–Crippen MR) is 57.5 cm³/mol. The normalized spacial score (nSPS) is 44.4. The maximum Gasteiger partial charge on any atom is 0.0908 e. The Bertz CT molecular complexity index is 308. The molecule has 0 aliphatic heterocycles. The zero-order valence-corrected chi connectivity index (χ0v) is 9.38. The van der Waals surface area contributed by atoms with Gasteiger partial charge in [-0.2, -0.15) is 5.26 Å². The highest BCUT2D eigenvalue weighted by Crippen LogP contribution is 2.76. The van der Waals surface area contributed by atoms with Crippen LogP contribution < -0.4 is 0 Å². The second-order valence-corrected chi connectivity index (χ2v) is 5.66. The molecule has 0 aromatic heterocycles. The zero-order valence-electron chi connectivity index (χ0n) is 9.38. The fraction of sp³-hybridized carbons (Fsp3) is 0.769. The van der Waals surface area contributed by atoms with Gasteiger partial charge in [0, 0.05) is 6.08 Å². The van der Waals surface area contributed by atoms with E-state index in [-0.39, 0.29) is 0 Å². The number of hydrogen-bond acceptors (Lipinski definition) is 1. The van der Waals surface area contributed by atoms with Gasteiger partial charge in [0.05, 0.1) is 6.07 Å². The molecule has 0 aromatic carbocycles. The summed E-state index contributed by atoms with van der Waals surface area (Å²) in [5.74, 6) is 1.66. The lowest BCUT2D eigenvalue weighted by atomic mass is 9.80. The molecule has 1 nitrogen and oxygen atoms in total. The highest BCUT2D eigenvalue weighted by atomic mass is 14.7. The van der Waals surface area contributed by atoms with Gasteiger partial charge >= 0.3 is 0 Å². The average Bonchev–Trinajstić information content (AvgIpc) is 2.60. The van der Waals surface area contributed by atoms with Gasteiger partial charge in [-0.05, 0) is 35.5 Å². The van der Waals surface area contributed by atoms with Gasteiger partial charge in [0.25, 0.3) is 0 Å². The van der Waals surface area contributed by atoms with Crippen molar-refractivity contribution in [2.45, 2.75) is 40.0 Å². The van der Waals surface area contributed by atoms with Crippen LogP contribution in [0.2, 0.25) is 0 Å². The number of rotatable bonds is 1. The zero-order chi connectivity index (χ0) is 10.4. The maximum atomic E-state index is 8.63. The van der Waals surface area contributed by atoms with E-state index in [0.29, 0.717) is 10.8 Å². The van der Waals surface area contributed by atoms with Crippen LogP contribution in [0.1, 0.15) is 40.0 Å². The number of nitrogens with zero attached hydrogens (tertiary/aromatic N) is 1. The summed E-state index contributed by atoms with van der Waals surface area (Å²) in [5, 5.41) is 8.63. The molecule has 0 radical (unpaired) electrons. The molecule has 3 unspecified atom stereocenters. The van der Waals surface area contributed by atoms with Gasteiger partial charge in [-0.15, -0.1) is 0 Å². The van der Waals surface area contributed by atoms with Crippen LogP contribution in [0.15, 0.2) is 12.2 Å². The lowest BCUT2D eigenvalue weighted by Crippen LogP contribution is -2.14. The van der Waals surface area contributed by atoms with Crippen LogP contribution in [0.4, 0.5) is 0 Å². The Kier molecular flexibility index (Phi) is 2.00. The summed E-state index contributed by atoms with van der Waals surface area (Å²) in [6, 6.07) is 2.14. The minimum atomic E-state index is 0.362. The molecule has 0 bridgehead atoms. The van der Waals surface area contributed by atoms with E-state index in [1.165, 1.54) is 19.3 Å². The van der Waals surface area contributed by atoms with Crippen molar-refractivity contribution in [3.63, 3.8) is 0 Å². The standard InChI is InChI=1S/C13H19N/c1-10-5-6-11-12(2,3)13(11,9-10)7-4-8-14/h4,7,10-11H,5-6,9H2,1-3H3/b7-4+. The Balaban J connectivity index is 2.24. The van der Waals surface area contributed by atoms with Crippen molar-refractivity contribution in [1.29, 1.82) is 5.26 Å². The fourth-order valence-corrected chi connectivity index (χ4v) is 3.74. The van der Waals surface area contributed by atoms with E-state index in [1.807, 2.05) is 0 Å². The molecule has 1 heteroatoms. The molecule has 2 rings (SSSR count). The van der Waals surface area contributed by atoms with Crippen LogP contribution >= 0.6 is 0 Å². The molecule has 3 atom stereocenters. The molecule has 14 heavy (non-hydrogen) atoms. The van der Waals surface area contributed by atoms with E-state index in [4.69, 9.17) is 5.26 Å². The molecule has 0 amide bonds. The first kappa shape index (κ1) is 9.77. The SMILES string of the molecule is CC1CCC2C(C)(C)C2(/C=C/C#N)C1. The van der Waals surface area contributed by atoms with Gasteiger partial charge in [-0.25, -0.2) is 0 Å². The Labute approximate surface area is 86.8 Å². The second kappa shape index (κ2) is 2.86. The summed E-state index contributed by atoms with van der Waals surface area (Å²) in [4.78, 5) is 0. The Morgan fingerprint density at radius 2 is 2.07 bits per heavy atom. The van der Waals surface area contributed by atoms with Gasteiger partial charge in [0.15, 0.2) is 0 Å². The Hall–Kier alpha value is -0.770. The first-order chi connectivity index (χ1) is 6.54. The summed E-state index contributed by atoms with van der Waals surface area (Å²) in [7, 11) is 0. The van der Waals surface area contributed by atoms with E-state index >= 15 is 0 Å². The topological polar surface area (TPSA) is 23.8 Å². The van der Waals surface area contributed by atoms with Crippen molar-refractivity contribution >= 4 is 0 Å². The van der Waals surface area contributed by atoms with E-state index < -0.39 is 0 Å². The van der Waals surface area contributed by atoms with Crippen LogP contribution in [0, 0.1) is 34.0 Å². The van der Waals surface area contributed by atoms with Crippen molar-refractivity contribution in [2.75, 3.05) is 0 Å². The molecule has 0 heterocycles. The Morgan fingerprint density at radius 1 is 1.36 bits per heavy atom. The number of nitriles is 1. The first-order valence-corrected chi connectivity index (χ1v) is 5.62. The molecular formula is C13H19N. The van der Waals surface area contributed by atoms with E-state index in [9.17, 15) is 0 Å². The van der Waals surface area contributed by atoms with Gasteiger partial charge in [-0.3, -0.25) is 0 Å². The van der Waals surface area contributed by atoms with Gasteiger partial charge in [0.1, 0.15) is 0 Å². The van der Waals surface area contributed by atoms with Crippen molar-refractivity contribution in [3.8, 4) is 6.07 Å². The molecule has 2 aliphatic carbocycles. The average molecular weight is 189 g/mol. The number of hydrogen-bond donors (Lipinski definition) is 0. The third-order valence-corrected chi connectivity index (χ3v) is 4.70. The van der Waals surface area contributed by atoms with E-state index in [0.717, 1.165) is 11.8 Å². The van der Waals surface area contributed by atoms with Crippen LogP contribution in [0.3, 0.4) is 0 Å². The minimum Gasteiger partial charge on any atom is -0.193 e. The molecule has 0 N–H and O–H groups in total. The largest absolute Gasteiger partial charge is 0.193 e. The van der Waals surface area contributed by atoms with Crippen LogP contribution in [0.5, 0.6) is 0 Å². The van der Waals surface area contributed by atoms with E-state index in [1.54, 1.807) is 6.08 Å². The summed E-state index contributed by atoms with van der Waals surface area (Å²) in [6.45, 7) is 7.06. The summed E-state index contributed by atoms with van der Waals surface area (Å²) < 4.78 is 0. The van der Waals surface area contributed by atoms with Crippen LogP contribution in [-0.4, -0.2) is 0 Å².